The van der Waals surface area contributed by atoms with Gasteiger partial charge in [0.25, 0.3) is 6.10 Å². The van der Waals surface area contributed by atoms with Crippen molar-refractivity contribution in [1.82, 2.24) is 0 Å². The molecule has 0 aliphatic carbocycles. The van der Waals surface area contributed by atoms with Gasteiger partial charge in [0.15, 0.2) is 0 Å². The maximum Gasteiger partial charge on any atom is 0.425 e. The van der Waals surface area contributed by atoms with E-state index in [4.69, 9.17) is 4.74 Å². The van der Waals surface area contributed by atoms with Crippen molar-refractivity contribution >= 4 is 5.97 Å². The van der Waals surface area contributed by atoms with Gasteiger partial charge in [-0.1, -0.05) is 6.92 Å². The summed E-state index contributed by atoms with van der Waals surface area (Å²) >= 11 is 0. The van der Waals surface area contributed by atoms with Gasteiger partial charge in [-0.2, -0.15) is 13.2 Å². The molecule has 0 aliphatic rings. The third-order valence-corrected chi connectivity index (χ3v) is 2.15. The average molecular weight is 288 g/mol. The summed E-state index contributed by atoms with van der Waals surface area (Å²) < 4.78 is 56.1. The molecule has 19 heavy (non-hydrogen) atoms. The lowest BCUT2D eigenvalue weighted by Crippen LogP contribution is -2.42. The molecular weight excluding hydrogens is 269 g/mol. The third kappa shape index (κ3) is 8.02. The average Bonchev–Trinajstić information content (AvgIpc) is 2.31. The molecule has 0 rings (SSSR count). The monoisotopic (exact) mass is 288 g/mol. The van der Waals surface area contributed by atoms with Crippen LogP contribution in [0.25, 0.3) is 0 Å². The summed E-state index contributed by atoms with van der Waals surface area (Å²) in [5, 5.41) is 0. The largest absolute Gasteiger partial charge is 0.461 e. The Morgan fingerprint density at radius 2 is 1.89 bits per heavy atom. The van der Waals surface area contributed by atoms with Gasteiger partial charge < -0.3 is 18.9 Å². The van der Waals surface area contributed by atoms with Gasteiger partial charge in [-0.25, -0.2) is 4.79 Å². The standard InChI is InChI=1S/C11H19F3O5/c1-4-8(2)19-10(15)9(11(12,13)14)18-7-17-6-5-16-3/h8-9H,4-7H2,1-3H3/t8?,9-/m0/s1. The van der Waals surface area contributed by atoms with Gasteiger partial charge in [0.05, 0.1) is 19.3 Å². The fourth-order valence-electron chi connectivity index (χ4n) is 0.957. The van der Waals surface area contributed by atoms with Crippen LogP contribution in [-0.4, -0.2) is 51.5 Å². The highest BCUT2D eigenvalue weighted by molar-refractivity contribution is 5.75. The van der Waals surface area contributed by atoms with E-state index in [1.807, 2.05) is 0 Å². The number of carbonyl (C=O) groups is 1. The summed E-state index contributed by atoms with van der Waals surface area (Å²) in [6.07, 6.45) is -7.66. The quantitative estimate of drug-likeness (QED) is 0.368. The van der Waals surface area contributed by atoms with Gasteiger partial charge in [-0.05, 0) is 13.3 Å². The Bertz CT molecular complexity index is 257. The Kier molecular flexibility index (Phi) is 8.70. The Balaban J connectivity index is 4.28. The maximum absolute atomic E-state index is 12.6. The molecule has 0 radical (unpaired) electrons. The van der Waals surface area contributed by atoms with E-state index in [1.165, 1.54) is 14.0 Å². The number of esters is 1. The second-order valence-electron chi connectivity index (χ2n) is 3.76. The molecule has 0 aromatic rings. The number of methoxy groups -OCH3 is 1. The molecule has 0 aromatic carbocycles. The number of rotatable bonds is 9. The van der Waals surface area contributed by atoms with E-state index in [2.05, 4.69) is 14.2 Å². The maximum atomic E-state index is 12.6. The number of ether oxygens (including phenoxy) is 4. The van der Waals surface area contributed by atoms with Crippen LogP contribution in [0, 0.1) is 0 Å². The van der Waals surface area contributed by atoms with E-state index in [0.29, 0.717) is 6.42 Å². The van der Waals surface area contributed by atoms with Crippen LogP contribution in [0.4, 0.5) is 13.2 Å². The fraction of sp³-hybridized carbons (Fsp3) is 0.909. The van der Waals surface area contributed by atoms with Crippen molar-refractivity contribution < 1.29 is 36.9 Å². The van der Waals surface area contributed by atoms with Crippen molar-refractivity contribution in [2.45, 2.75) is 38.7 Å². The van der Waals surface area contributed by atoms with E-state index in [-0.39, 0.29) is 13.2 Å². The molecule has 8 heteroatoms. The predicted octanol–water partition coefficient (Wildman–Crippen LogP) is 1.90. The zero-order valence-electron chi connectivity index (χ0n) is 11.2. The van der Waals surface area contributed by atoms with Crippen LogP contribution in [0.15, 0.2) is 0 Å². The van der Waals surface area contributed by atoms with Crippen molar-refractivity contribution in [1.29, 1.82) is 0 Å². The second kappa shape index (κ2) is 9.11. The third-order valence-electron chi connectivity index (χ3n) is 2.15. The SMILES string of the molecule is CCC(C)OC(=O)[C@H](OCOCCOC)C(F)(F)F. The van der Waals surface area contributed by atoms with Crippen molar-refractivity contribution in [3.05, 3.63) is 0 Å². The summed E-state index contributed by atoms with van der Waals surface area (Å²) in [5.74, 6) is -1.46. The summed E-state index contributed by atoms with van der Waals surface area (Å²) in [6.45, 7) is 2.82. The molecule has 0 amide bonds. The zero-order valence-corrected chi connectivity index (χ0v) is 11.2. The summed E-state index contributed by atoms with van der Waals surface area (Å²) in [7, 11) is 1.42. The van der Waals surface area contributed by atoms with Crippen LogP contribution in [0.3, 0.4) is 0 Å². The first kappa shape index (κ1) is 18.1. The highest BCUT2D eigenvalue weighted by atomic mass is 19.4. The normalized spacial score (nSPS) is 15.1. The van der Waals surface area contributed by atoms with Crippen LogP contribution in [0.1, 0.15) is 20.3 Å². The fourth-order valence-corrected chi connectivity index (χ4v) is 0.957. The van der Waals surface area contributed by atoms with Crippen LogP contribution in [0.5, 0.6) is 0 Å². The minimum absolute atomic E-state index is 0.0709. The first-order valence-electron chi connectivity index (χ1n) is 5.78. The molecule has 0 N–H and O–H groups in total. The van der Waals surface area contributed by atoms with Crippen LogP contribution in [-0.2, 0) is 23.7 Å². The molecule has 0 saturated carbocycles. The molecule has 114 valence electrons. The first-order chi connectivity index (χ1) is 8.82. The van der Waals surface area contributed by atoms with Gasteiger partial charge in [-0.15, -0.1) is 0 Å². The molecule has 0 aliphatic heterocycles. The number of halogens is 3. The summed E-state index contributed by atoms with van der Waals surface area (Å²) in [5.41, 5.74) is 0. The molecule has 0 fully saturated rings. The number of carbonyl (C=O) groups excluding carboxylic acids is 1. The lowest BCUT2D eigenvalue weighted by molar-refractivity contribution is -0.249. The lowest BCUT2D eigenvalue weighted by atomic mass is 10.3. The second-order valence-corrected chi connectivity index (χ2v) is 3.76. The minimum Gasteiger partial charge on any atom is -0.461 e. The molecule has 0 bridgehead atoms. The predicted molar refractivity (Wildman–Crippen MR) is 59.5 cm³/mol. The van der Waals surface area contributed by atoms with E-state index in [0.717, 1.165) is 0 Å². The topological polar surface area (TPSA) is 54.0 Å². The first-order valence-corrected chi connectivity index (χ1v) is 5.78. The van der Waals surface area contributed by atoms with Crippen molar-refractivity contribution in [3.8, 4) is 0 Å². The molecule has 1 unspecified atom stereocenters. The lowest BCUT2D eigenvalue weighted by Gasteiger charge is -2.21. The Morgan fingerprint density at radius 1 is 1.26 bits per heavy atom. The van der Waals surface area contributed by atoms with Gasteiger partial charge in [0.2, 0.25) is 0 Å². The van der Waals surface area contributed by atoms with E-state index in [9.17, 15) is 18.0 Å². The van der Waals surface area contributed by atoms with Crippen LogP contribution < -0.4 is 0 Å². The minimum atomic E-state index is -4.84. The smallest absolute Gasteiger partial charge is 0.425 e. The molecule has 0 aromatic heterocycles. The van der Waals surface area contributed by atoms with Crippen LogP contribution in [0.2, 0.25) is 0 Å². The highest BCUT2D eigenvalue weighted by Crippen LogP contribution is 2.24. The van der Waals surface area contributed by atoms with Crippen molar-refractivity contribution in [2.75, 3.05) is 27.1 Å². The van der Waals surface area contributed by atoms with E-state index < -0.39 is 31.1 Å². The summed E-state index contributed by atoms with van der Waals surface area (Å²) in [4.78, 5) is 11.3. The Labute approximate surface area is 110 Å². The van der Waals surface area contributed by atoms with E-state index in [1.54, 1.807) is 6.92 Å². The Hall–Kier alpha value is -0.860. The Morgan fingerprint density at radius 3 is 2.37 bits per heavy atom. The van der Waals surface area contributed by atoms with Gasteiger partial charge in [0.1, 0.15) is 6.79 Å². The van der Waals surface area contributed by atoms with Gasteiger partial charge >= 0.3 is 12.1 Å². The highest BCUT2D eigenvalue weighted by Gasteiger charge is 2.47. The van der Waals surface area contributed by atoms with Gasteiger partial charge in [-0.3, -0.25) is 0 Å². The van der Waals surface area contributed by atoms with E-state index >= 15 is 0 Å². The molecule has 5 nitrogen and oxygen atoms in total. The molecule has 0 saturated heterocycles. The van der Waals surface area contributed by atoms with Crippen molar-refractivity contribution in [2.24, 2.45) is 0 Å². The van der Waals surface area contributed by atoms with Crippen molar-refractivity contribution in [3.63, 3.8) is 0 Å². The number of hydrogen-bond donors (Lipinski definition) is 0. The number of hydrogen-bond acceptors (Lipinski definition) is 5. The molecular formula is C11H19F3O5. The molecule has 0 heterocycles. The zero-order chi connectivity index (χ0) is 14.9. The van der Waals surface area contributed by atoms with Gasteiger partial charge in [0, 0.05) is 7.11 Å². The van der Waals surface area contributed by atoms with Crippen LogP contribution >= 0.6 is 0 Å². The molecule has 0 spiro atoms. The summed E-state index contributed by atoms with van der Waals surface area (Å²) in [6, 6.07) is 0. The molecule has 2 atom stereocenters. The number of alkyl halides is 3.